The Kier molecular flexibility index (Phi) is 4.46. The van der Waals surface area contributed by atoms with Crippen molar-refractivity contribution in [3.63, 3.8) is 0 Å². The van der Waals surface area contributed by atoms with Crippen LogP contribution < -0.4 is 9.47 Å². The first-order chi connectivity index (χ1) is 11.2. The van der Waals surface area contributed by atoms with Crippen molar-refractivity contribution in [1.82, 2.24) is 9.88 Å². The van der Waals surface area contributed by atoms with Crippen molar-refractivity contribution in [2.45, 2.75) is 25.9 Å². The summed E-state index contributed by atoms with van der Waals surface area (Å²) in [5, 5.41) is 0. The summed E-state index contributed by atoms with van der Waals surface area (Å²) in [5.41, 5.74) is 3.15. The molecule has 1 aromatic carbocycles. The fourth-order valence-electron chi connectivity index (χ4n) is 2.83. The van der Waals surface area contributed by atoms with Gasteiger partial charge in [0.15, 0.2) is 0 Å². The van der Waals surface area contributed by atoms with Crippen molar-refractivity contribution in [2.75, 3.05) is 14.2 Å². The second-order valence-corrected chi connectivity index (χ2v) is 5.54. The summed E-state index contributed by atoms with van der Waals surface area (Å²) in [6.45, 7) is 1.26. The van der Waals surface area contributed by atoms with Crippen LogP contribution in [-0.2, 0) is 24.3 Å². The minimum atomic E-state index is 0.140. The quantitative estimate of drug-likeness (QED) is 0.851. The number of hydrogen-bond acceptors (Lipinski definition) is 4. The van der Waals surface area contributed by atoms with Gasteiger partial charge in [-0.15, -0.1) is 0 Å². The maximum absolute atomic E-state index is 12.4. The zero-order valence-corrected chi connectivity index (χ0v) is 13.4. The van der Waals surface area contributed by atoms with Crippen molar-refractivity contribution in [3.8, 4) is 11.5 Å². The van der Waals surface area contributed by atoms with E-state index in [1.807, 2.05) is 35.2 Å². The number of methoxy groups -OCH3 is 2. The molecule has 1 amide bonds. The Balaban J connectivity index is 1.62. The number of amides is 1. The highest BCUT2D eigenvalue weighted by Crippen LogP contribution is 2.26. The van der Waals surface area contributed by atoms with E-state index in [1.54, 1.807) is 20.4 Å². The highest BCUT2D eigenvalue weighted by atomic mass is 16.5. The Bertz CT molecular complexity index is 690. The predicted octanol–water partition coefficient (Wildman–Crippen LogP) is 2.57. The van der Waals surface area contributed by atoms with E-state index in [1.165, 1.54) is 0 Å². The number of fused-ring (bicyclic) bond motifs is 1. The number of hydrogen-bond donors (Lipinski definition) is 0. The third-order valence-electron chi connectivity index (χ3n) is 4.14. The molecule has 0 fully saturated rings. The molecular weight excluding hydrogens is 292 g/mol. The average molecular weight is 312 g/mol. The largest absolute Gasteiger partial charge is 0.497 e. The molecule has 23 heavy (non-hydrogen) atoms. The van der Waals surface area contributed by atoms with Gasteiger partial charge in [-0.25, -0.2) is 0 Å². The molecule has 0 bridgehead atoms. The van der Waals surface area contributed by atoms with Crippen molar-refractivity contribution in [3.05, 3.63) is 53.3 Å². The smallest absolute Gasteiger partial charge is 0.223 e. The van der Waals surface area contributed by atoms with E-state index in [4.69, 9.17) is 9.47 Å². The van der Waals surface area contributed by atoms with Gasteiger partial charge >= 0.3 is 0 Å². The lowest BCUT2D eigenvalue weighted by atomic mass is 10.1. The second kappa shape index (κ2) is 6.69. The van der Waals surface area contributed by atoms with E-state index in [9.17, 15) is 4.79 Å². The fraction of sp³-hybridized carbons (Fsp3) is 0.333. The monoisotopic (exact) mass is 312 g/mol. The summed E-state index contributed by atoms with van der Waals surface area (Å²) in [7, 11) is 3.25. The standard InChI is InChI=1S/C18H20N2O3/c1-22-15-7-5-13(17(10-15)23-2)6-8-18(21)20-11-14-4-3-9-19-16(14)12-20/h3-5,7,9-10H,6,8,11-12H2,1-2H3. The number of nitrogens with zero attached hydrogens (tertiary/aromatic N) is 2. The molecule has 0 atom stereocenters. The van der Waals surface area contributed by atoms with E-state index in [-0.39, 0.29) is 5.91 Å². The van der Waals surface area contributed by atoms with Crippen LogP contribution in [0.3, 0.4) is 0 Å². The second-order valence-electron chi connectivity index (χ2n) is 5.54. The van der Waals surface area contributed by atoms with Gasteiger partial charge in [-0.1, -0.05) is 12.1 Å². The van der Waals surface area contributed by atoms with Crippen molar-refractivity contribution >= 4 is 5.91 Å². The van der Waals surface area contributed by atoms with Crippen molar-refractivity contribution in [1.29, 1.82) is 0 Å². The Morgan fingerprint density at radius 3 is 2.83 bits per heavy atom. The molecule has 0 aliphatic carbocycles. The van der Waals surface area contributed by atoms with Gasteiger partial charge in [0.25, 0.3) is 0 Å². The number of aryl methyl sites for hydroxylation is 1. The van der Waals surface area contributed by atoms with Crippen LogP contribution in [0, 0.1) is 0 Å². The van der Waals surface area contributed by atoms with E-state index < -0.39 is 0 Å². The molecule has 0 saturated heterocycles. The fourth-order valence-corrected chi connectivity index (χ4v) is 2.83. The Morgan fingerprint density at radius 2 is 2.09 bits per heavy atom. The molecule has 0 N–H and O–H groups in total. The first-order valence-corrected chi connectivity index (χ1v) is 7.62. The third-order valence-corrected chi connectivity index (χ3v) is 4.14. The minimum absolute atomic E-state index is 0.140. The number of carbonyl (C=O) groups excluding carboxylic acids is 1. The molecule has 1 aliphatic heterocycles. The highest BCUT2D eigenvalue weighted by Gasteiger charge is 2.23. The van der Waals surface area contributed by atoms with Gasteiger partial charge in [-0.2, -0.15) is 0 Å². The highest BCUT2D eigenvalue weighted by molar-refractivity contribution is 5.77. The molecule has 120 valence electrons. The lowest BCUT2D eigenvalue weighted by molar-refractivity contribution is -0.131. The minimum Gasteiger partial charge on any atom is -0.497 e. The number of pyridine rings is 1. The molecule has 5 nitrogen and oxygen atoms in total. The summed E-state index contributed by atoms with van der Waals surface area (Å²) in [6, 6.07) is 9.62. The molecule has 0 spiro atoms. The zero-order valence-electron chi connectivity index (χ0n) is 13.4. The molecule has 0 unspecified atom stereocenters. The maximum Gasteiger partial charge on any atom is 0.223 e. The summed E-state index contributed by atoms with van der Waals surface area (Å²) in [4.78, 5) is 18.6. The molecule has 0 saturated carbocycles. The van der Waals surface area contributed by atoms with Gasteiger partial charge in [0.2, 0.25) is 5.91 Å². The van der Waals surface area contributed by atoms with E-state index in [0.29, 0.717) is 25.9 Å². The normalized spacial score (nSPS) is 12.9. The van der Waals surface area contributed by atoms with Crippen LogP contribution in [0.25, 0.3) is 0 Å². The van der Waals surface area contributed by atoms with Crippen molar-refractivity contribution < 1.29 is 14.3 Å². The Morgan fingerprint density at radius 1 is 1.22 bits per heavy atom. The van der Waals surface area contributed by atoms with Gasteiger partial charge in [0.05, 0.1) is 26.5 Å². The summed E-state index contributed by atoms with van der Waals surface area (Å²) in [5.74, 6) is 1.64. The van der Waals surface area contributed by atoms with Gasteiger partial charge in [-0.3, -0.25) is 9.78 Å². The number of rotatable bonds is 5. The van der Waals surface area contributed by atoms with E-state index in [2.05, 4.69) is 4.98 Å². The molecule has 3 rings (SSSR count). The number of ether oxygens (including phenoxy) is 2. The molecule has 2 aromatic rings. The Hall–Kier alpha value is -2.56. The lowest BCUT2D eigenvalue weighted by Crippen LogP contribution is -2.25. The van der Waals surface area contributed by atoms with Crippen LogP contribution in [0.1, 0.15) is 23.2 Å². The maximum atomic E-state index is 12.4. The molecule has 0 radical (unpaired) electrons. The topological polar surface area (TPSA) is 51.7 Å². The van der Waals surface area contributed by atoms with E-state index in [0.717, 1.165) is 28.3 Å². The van der Waals surface area contributed by atoms with Crippen LogP contribution in [-0.4, -0.2) is 30.0 Å². The third kappa shape index (κ3) is 3.28. The Labute approximate surface area is 135 Å². The lowest BCUT2D eigenvalue weighted by Gasteiger charge is -2.16. The van der Waals surface area contributed by atoms with Gasteiger partial charge in [0, 0.05) is 25.2 Å². The molecule has 1 aromatic heterocycles. The predicted molar refractivity (Wildman–Crippen MR) is 86.4 cm³/mol. The van der Waals surface area contributed by atoms with Crippen LogP contribution in [0.4, 0.5) is 0 Å². The molecule has 1 aliphatic rings. The first-order valence-electron chi connectivity index (χ1n) is 7.62. The molecule has 2 heterocycles. The first kappa shape index (κ1) is 15.3. The summed E-state index contributed by atoms with van der Waals surface area (Å²) in [6.07, 6.45) is 2.87. The molecule has 5 heteroatoms. The van der Waals surface area contributed by atoms with Crippen LogP contribution in [0.5, 0.6) is 11.5 Å². The number of benzene rings is 1. The summed E-state index contributed by atoms with van der Waals surface area (Å²) < 4.78 is 10.6. The zero-order chi connectivity index (χ0) is 16.2. The average Bonchev–Trinajstić information content (AvgIpc) is 3.03. The van der Waals surface area contributed by atoms with Gasteiger partial charge in [-0.05, 0) is 29.7 Å². The van der Waals surface area contributed by atoms with Crippen LogP contribution in [0.2, 0.25) is 0 Å². The number of carbonyl (C=O) groups is 1. The van der Waals surface area contributed by atoms with Gasteiger partial charge in [0.1, 0.15) is 11.5 Å². The SMILES string of the molecule is COc1ccc(CCC(=O)N2Cc3cccnc3C2)c(OC)c1. The van der Waals surface area contributed by atoms with E-state index >= 15 is 0 Å². The van der Waals surface area contributed by atoms with Crippen LogP contribution in [0.15, 0.2) is 36.5 Å². The molecular formula is C18H20N2O3. The van der Waals surface area contributed by atoms with Crippen LogP contribution >= 0.6 is 0 Å². The van der Waals surface area contributed by atoms with Crippen molar-refractivity contribution in [2.24, 2.45) is 0 Å². The number of aromatic nitrogens is 1. The van der Waals surface area contributed by atoms with Gasteiger partial charge < -0.3 is 14.4 Å². The summed E-state index contributed by atoms with van der Waals surface area (Å²) >= 11 is 0.